The van der Waals surface area contributed by atoms with Crippen molar-refractivity contribution < 1.29 is 23.1 Å². The van der Waals surface area contributed by atoms with Crippen LogP contribution < -0.4 is 10.6 Å². The summed E-state index contributed by atoms with van der Waals surface area (Å²) < 4.78 is 33.1. The van der Waals surface area contributed by atoms with E-state index in [9.17, 15) is 18.4 Å². The Morgan fingerprint density at radius 3 is 2.61 bits per heavy atom. The van der Waals surface area contributed by atoms with Gasteiger partial charge in [-0.15, -0.1) is 0 Å². The number of halogens is 4. The molecule has 2 heterocycles. The van der Waals surface area contributed by atoms with E-state index in [2.05, 4.69) is 20.7 Å². The minimum Gasteiger partial charge on any atom is -0.447 e. The average molecular weight is 498 g/mol. The Balaban J connectivity index is 1.64. The standard InChI is InChI=1S/C21H19Cl2F2N5O3/c1-11(10-33-21(32)28-16-7-3-5-14(22)12(16)2)27-20(31)13-9-30(29-17(13)18(24)25)19-15(23)6-4-8-26-19/h3-9,11,18H,10H2,1-2H3,(H,27,31)(H,28,32)/t11-/m0/s1. The van der Waals surface area contributed by atoms with Crippen molar-refractivity contribution >= 4 is 40.9 Å². The Hall–Kier alpha value is -3.24. The molecular formula is C21H19Cl2F2N5O3. The SMILES string of the molecule is Cc1c(Cl)cccc1NC(=O)OC[C@H](C)NC(=O)c1cn(-c2ncccc2Cl)nc1C(F)F. The van der Waals surface area contributed by atoms with Crippen LogP contribution in [0.25, 0.3) is 5.82 Å². The fourth-order valence-electron chi connectivity index (χ4n) is 2.81. The van der Waals surface area contributed by atoms with Crippen molar-refractivity contribution in [2.75, 3.05) is 11.9 Å². The predicted octanol–water partition coefficient (Wildman–Crippen LogP) is 5.19. The largest absolute Gasteiger partial charge is 0.447 e. The van der Waals surface area contributed by atoms with Gasteiger partial charge in [-0.2, -0.15) is 5.10 Å². The lowest BCUT2D eigenvalue weighted by Crippen LogP contribution is -2.37. The van der Waals surface area contributed by atoms with Gasteiger partial charge in [0.25, 0.3) is 12.3 Å². The van der Waals surface area contributed by atoms with Crippen molar-refractivity contribution in [2.24, 2.45) is 0 Å². The number of hydrogen-bond acceptors (Lipinski definition) is 5. The normalized spacial score (nSPS) is 11.8. The Morgan fingerprint density at radius 1 is 1.18 bits per heavy atom. The molecule has 8 nitrogen and oxygen atoms in total. The molecule has 1 aromatic carbocycles. The van der Waals surface area contributed by atoms with Crippen molar-refractivity contribution in [1.29, 1.82) is 0 Å². The summed E-state index contributed by atoms with van der Waals surface area (Å²) in [4.78, 5) is 28.7. The molecule has 2 N–H and O–H groups in total. The van der Waals surface area contributed by atoms with Gasteiger partial charge >= 0.3 is 6.09 Å². The molecule has 0 saturated carbocycles. The Bertz CT molecular complexity index is 1170. The third-order valence-electron chi connectivity index (χ3n) is 4.50. The van der Waals surface area contributed by atoms with Crippen LogP contribution in [0.15, 0.2) is 42.7 Å². The minimum absolute atomic E-state index is 0.101. The maximum atomic E-state index is 13.5. The molecule has 0 spiro atoms. The monoisotopic (exact) mass is 497 g/mol. The summed E-state index contributed by atoms with van der Waals surface area (Å²) in [5.74, 6) is -0.713. The van der Waals surface area contributed by atoms with Crippen molar-refractivity contribution in [3.05, 3.63) is 69.6 Å². The Labute approximate surface area is 197 Å². The Kier molecular flexibility index (Phi) is 7.83. The zero-order valence-corrected chi connectivity index (χ0v) is 19.0. The second-order valence-corrected chi connectivity index (χ2v) is 7.81. The molecule has 3 aromatic rings. The number of aromatic nitrogens is 3. The highest BCUT2D eigenvalue weighted by atomic mass is 35.5. The maximum absolute atomic E-state index is 13.5. The van der Waals surface area contributed by atoms with Crippen LogP contribution in [-0.2, 0) is 4.74 Å². The first-order chi connectivity index (χ1) is 15.7. The summed E-state index contributed by atoms with van der Waals surface area (Å²) in [7, 11) is 0. The van der Waals surface area contributed by atoms with E-state index in [1.54, 1.807) is 38.1 Å². The van der Waals surface area contributed by atoms with E-state index in [0.29, 0.717) is 16.3 Å². The number of anilines is 1. The Morgan fingerprint density at radius 2 is 1.91 bits per heavy atom. The van der Waals surface area contributed by atoms with Gasteiger partial charge < -0.3 is 10.1 Å². The highest BCUT2D eigenvalue weighted by Gasteiger charge is 2.25. The zero-order chi connectivity index (χ0) is 24.1. The third kappa shape index (κ3) is 5.96. The second kappa shape index (κ2) is 10.6. The van der Waals surface area contributed by atoms with Gasteiger partial charge in [-0.25, -0.2) is 23.2 Å². The van der Waals surface area contributed by atoms with Crippen LogP contribution in [0.3, 0.4) is 0 Å². The van der Waals surface area contributed by atoms with E-state index in [4.69, 9.17) is 27.9 Å². The van der Waals surface area contributed by atoms with Gasteiger partial charge in [0.05, 0.1) is 16.6 Å². The van der Waals surface area contributed by atoms with Crippen molar-refractivity contribution in [1.82, 2.24) is 20.1 Å². The molecule has 12 heteroatoms. The number of nitrogens with one attached hydrogen (secondary N) is 2. The number of alkyl halides is 2. The van der Waals surface area contributed by atoms with Gasteiger partial charge in [0.2, 0.25) is 0 Å². The summed E-state index contributed by atoms with van der Waals surface area (Å²) >= 11 is 12.1. The number of carbonyl (C=O) groups excluding carboxylic acids is 2. The molecule has 0 unspecified atom stereocenters. The number of ether oxygens (including phenoxy) is 1. The van der Waals surface area contributed by atoms with E-state index < -0.39 is 30.2 Å². The average Bonchev–Trinajstić information content (AvgIpc) is 3.22. The number of pyridine rings is 1. The third-order valence-corrected chi connectivity index (χ3v) is 5.20. The smallest absolute Gasteiger partial charge is 0.411 e. The molecule has 0 radical (unpaired) electrons. The lowest BCUT2D eigenvalue weighted by Gasteiger charge is -2.15. The number of benzene rings is 1. The van der Waals surface area contributed by atoms with Crippen molar-refractivity contribution in [2.45, 2.75) is 26.3 Å². The minimum atomic E-state index is -3.01. The predicted molar refractivity (Wildman–Crippen MR) is 119 cm³/mol. The molecule has 3 rings (SSSR count). The molecule has 0 aliphatic heterocycles. The molecule has 0 aliphatic rings. The lowest BCUT2D eigenvalue weighted by molar-refractivity contribution is 0.0896. The fraction of sp³-hybridized carbons (Fsp3) is 0.238. The van der Waals surface area contributed by atoms with Gasteiger partial charge in [0.15, 0.2) is 5.82 Å². The van der Waals surface area contributed by atoms with E-state index in [1.165, 1.54) is 12.3 Å². The molecule has 33 heavy (non-hydrogen) atoms. The summed E-state index contributed by atoms with van der Waals surface area (Å²) in [5, 5.41) is 9.47. The first-order valence-electron chi connectivity index (χ1n) is 9.65. The molecule has 0 fully saturated rings. The molecule has 0 saturated heterocycles. The molecule has 2 aromatic heterocycles. The summed E-state index contributed by atoms with van der Waals surface area (Å²) in [5.41, 5.74) is 0.0717. The molecule has 1 atom stereocenters. The van der Waals surface area contributed by atoms with Crippen LogP contribution in [0, 0.1) is 6.92 Å². The highest BCUT2D eigenvalue weighted by molar-refractivity contribution is 6.32. The van der Waals surface area contributed by atoms with E-state index in [-0.39, 0.29) is 23.0 Å². The van der Waals surface area contributed by atoms with Crippen molar-refractivity contribution in [3.63, 3.8) is 0 Å². The zero-order valence-electron chi connectivity index (χ0n) is 17.5. The highest BCUT2D eigenvalue weighted by Crippen LogP contribution is 2.25. The van der Waals surface area contributed by atoms with Crippen molar-refractivity contribution in [3.8, 4) is 5.82 Å². The number of amides is 2. The molecular weight excluding hydrogens is 479 g/mol. The van der Waals surface area contributed by atoms with E-state index >= 15 is 0 Å². The first-order valence-corrected chi connectivity index (χ1v) is 10.4. The van der Waals surface area contributed by atoms with Gasteiger partial charge in [-0.05, 0) is 43.7 Å². The summed E-state index contributed by atoms with van der Waals surface area (Å²) in [6.45, 7) is 3.08. The van der Waals surface area contributed by atoms with Crippen LogP contribution in [0.2, 0.25) is 10.0 Å². The van der Waals surface area contributed by atoms with Gasteiger partial charge in [-0.1, -0.05) is 29.3 Å². The topological polar surface area (TPSA) is 98.1 Å². The maximum Gasteiger partial charge on any atom is 0.411 e. The molecule has 0 aliphatic carbocycles. The van der Waals surface area contributed by atoms with Gasteiger partial charge in [0, 0.05) is 23.1 Å². The van der Waals surface area contributed by atoms with Crippen LogP contribution in [0.1, 0.15) is 35.0 Å². The van der Waals surface area contributed by atoms with Gasteiger partial charge in [-0.3, -0.25) is 10.1 Å². The van der Waals surface area contributed by atoms with Crippen LogP contribution in [0.5, 0.6) is 0 Å². The number of hydrogen-bond donors (Lipinski definition) is 2. The molecule has 2 amide bonds. The number of carbonyl (C=O) groups is 2. The lowest BCUT2D eigenvalue weighted by atomic mass is 10.2. The molecule has 174 valence electrons. The molecule has 0 bridgehead atoms. The van der Waals surface area contributed by atoms with Crippen LogP contribution >= 0.6 is 23.2 Å². The fourth-order valence-corrected chi connectivity index (χ4v) is 3.19. The van der Waals surface area contributed by atoms with E-state index in [1.807, 2.05) is 0 Å². The summed E-state index contributed by atoms with van der Waals surface area (Å²) in [6.07, 6.45) is -1.23. The van der Waals surface area contributed by atoms with Gasteiger partial charge in [0.1, 0.15) is 12.3 Å². The summed E-state index contributed by atoms with van der Waals surface area (Å²) in [6, 6.07) is 7.42. The number of rotatable bonds is 7. The number of nitrogens with zero attached hydrogens (tertiary/aromatic N) is 3. The van der Waals surface area contributed by atoms with E-state index in [0.717, 1.165) is 10.9 Å². The van der Waals surface area contributed by atoms with Crippen LogP contribution in [-0.4, -0.2) is 39.4 Å². The second-order valence-electron chi connectivity index (χ2n) is 6.99. The van der Waals surface area contributed by atoms with Crippen LogP contribution in [0.4, 0.5) is 19.3 Å². The quantitative estimate of drug-likeness (QED) is 0.468. The first kappa shape index (κ1) is 24.4.